The molecule has 1 aliphatic carbocycles. The molecule has 0 spiro atoms. The maximum Gasteiger partial charge on any atom is 0.306 e. The second kappa shape index (κ2) is 41.6. The number of esters is 1. The number of unbranched alkanes of at least 4 members (excludes halogenated alkanes) is 1. The second-order valence-electron chi connectivity index (χ2n) is 27.2. The lowest BCUT2D eigenvalue weighted by Gasteiger charge is -2.30. The number of hydrogen-bond acceptors (Lipinski definition) is 20. The molecule has 33 nitrogen and oxygen atoms in total. The summed E-state index contributed by atoms with van der Waals surface area (Å²) < 4.78 is 5.73. The molecule has 4 aromatic rings. The van der Waals surface area contributed by atoms with E-state index in [4.69, 9.17) is 33.1 Å². The van der Waals surface area contributed by atoms with E-state index in [9.17, 15) is 77.3 Å². The molecule has 2 saturated heterocycles. The van der Waals surface area contributed by atoms with Gasteiger partial charge in [-0.05, 0) is 104 Å². The monoisotopic (exact) mass is 1530 g/mol. The zero-order valence-electron chi connectivity index (χ0n) is 60.0. The topological polar surface area (TPSA) is 544 Å². The number of nitrogens with zero attached hydrogens (tertiary/aromatic N) is 2. The Morgan fingerprint density at radius 2 is 1.37 bits per heavy atom. The number of fused-ring (bicyclic) bond motifs is 5. The number of H-pyrrole nitrogens is 1. The molecule has 0 saturated carbocycles. The van der Waals surface area contributed by atoms with Gasteiger partial charge in [0.2, 0.25) is 59.1 Å². The van der Waals surface area contributed by atoms with Crippen molar-refractivity contribution < 1.29 is 82.1 Å². The van der Waals surface area contributed by atoms with Crippen LogP contribution in [0.1, 0.15) is 139 Å². The molecule has 0 radical (unpaired) electrons. The number of nitrogens with two attached hydrogens (primary N) is 4. The third kappa shape index (κ3) is 24.8. The van der Waals surface area contributed by atoms with Crippen molar-refractivity contribution in [1.82, 2.24) is 52.4 Å². The lowest BCUT2D eigenvalue weighted by Crippen LogP contribution is -2.59. The van der Waals surface area contributed by atoms with Gasteiger partial charge in [-0.2, -0.15) is 25.3 Å². The number of carbonyl (C=O) groups excluding carboxylic acids is 13. The Morgan fingerprint density at radius 1 is 0.722 bits per heavy atom. The number of primary amides is 1. The quantitative estimate of drug-likeness (QED) is 0.00991. The maximum absolute atomic E-state index is 15.0. The lowest BCUT2D eigenvalue weighted by molar-refractivity contribution is -0.146. The number of aliphatic carboxylic acids is 1. The number of amides is 10. The molecule has 1 unspecified atom stereocenters. The summed E-state index contributed by atoms with van der Waals surface area (Å²) in [4.78, 5) is 205. The Bertz CT molecular complexity index is 3900. The molecule has 20 N–H and O–H groups in total. The number of aromatic amines is 1. The van der Waals surface area contributed by atoms with E-state index in [1.54, 1.807) is 24.3 Å². The third-order valence-electron chi connectivity index (χ3n) is 19.2. The molecule has 10 amide bonds. The van der Waals surface area contributed by atoms with Crippen LogP contribution in [0.4, 0.5) is 0 Å². The number of guanidine groups is 1. The van der Waals surface area contributed by atoms with Gasteiger partial charge in [0, 0.05) is 67.4 Å². The number of Topliss-reactive ketones (excluding diaryl/α,β-unsaturated/α-hetero) is 2. The van der Waals surface area contributed by atoms with Crippen LogP contribution in [0.5, 0.6) is 0 Å². The number of nitrogens with one attached hydrogen (secondary N) is 10. The van der Waals surface area contributed by atoms with Crippen molar-refractivity contribution in [2.45, 2.75) is 183 Å². The number of carbonyl (C=O) groups is 14. The molecule has 11 atom stereocenters. The number of ether oxygens (including phenoxy) is 1. The van der Waals surface area contributed by atoms with E-state index in [-0.39, 0.29) is 126 Å². The molecule has 3 heterocycles. The number of rotatable bonds is 32. The molecule has 584 valence electrons. The summed E-state index contributed by atoms with van der Waals surface area (Å²) in [6.45, 7) is 0.0230. The number of carboxylic acids is 1. The highest BCUT2D eigenvalue weighted by Crippen LogP contribution is 2.44. The van der Waals surface area contributed by atoms with E-state index in [0.717, 1.165) is 32.5 Å². The fourth-order valence-electron chi connectivity index (χ4n) is 13.3. The van der Waals surface area contributed by atoms with Crippen LogP contribution in [0.15, 0.2) is 83.9 Å². The number of aliphatic hydroxyl groups excluding tert-OH is 1. The zero-order chi connectivity index (χ0) is 78.7. The van der Waals surface area contributed by atoms with Crippen molar-refractivity contribution in [1.29, 1.82) is 5.41 Å². The minimum Gasteiger partial charge on any atom is -0.481 e. The third-order valence-corrected chi connectivity index (χ3v) is 20.0. The number of aliphatic imine (C=N–C) groups is 1. The van der Waals surface area contributed by atoms with Crippen molar-refractivity contribution in [2.24, 2.45) is 39.8 Å². The lowest BCUT2D eigenvalue weighted by atomic mass is 9.92. The first-order valence-electron chi connectivity index (χ1n) is 36.0. The van der Waals surface area contributed by atoms with Gasteiger partial charge in [-0.25, -0.2) is 0 Å². The molecule has 3 aromatic carbocycles. The first kappa shape index (κ1) is 84.8. The summed E-state index contributed by atoms with van der Waals surface area (Å²) in [6.07, 6.45) is -2.92. The highest BCUT2D eigenvalue weighted by Gasteiger charge is 2.42. The van der Waals surface area contributed by atoms with Gasteiger partial charge in [-0.15, -0.1) is 0 Å². The summed E-state index contributed by atoms with van der Waals surface area (Å²) in [5.74, 6) is -16.9. The molecule has 2 aliphatic heterocycles. The molecule has 1 aromatic heterocycles. The number of hydrogen-bond donors (Lipinski definition) is 18. The molecule has 3 aliphatic rings. The predicted octanol–water partition coefficient (Wildman–Crippen LogP) is -0.178. The van der Waals surface area contributed by atoms with Crippen LogP contribution in [0.25, 0.3) is 22.0 Å². The highest BCUT2D eigenvalue weighted by atomic mass is 32.1. The fraction of sp³-hybridized carbons (Fsp3) is 0.507. The van der Waals surface area contributed by atoms with Gasteiger partial charge in [-0.1, -0.05) is 86.0 Å². The first-order valence-corrected chi connectivity index (χ1v) is 37.3. The van der Waals surface area contributed by atoms with Crippen LogP contribution in [0.3, 0.4) is 0 Å². The Balaban J connectivity index is 1.18. The van der Waals surface area contributed by atoms with E-state index in [0.29, 0.717) is 17.6 Å². The number of aromatic nitrogens is 1. The van der Waals surface area contributed by atoms with Gasteiger partial charge < -0.3 is 90.3 Å². The van der Waals surface area contributed by atoms with Crippen molar-refractivity contribution >= 4 is 131 Å². The highest BCUT2D eigenvalue weighted by molar-refractivity contribution is 7.80. The maximum atomic E-state index is 15.0. The number of aliphatic hydroxyl groups is 1. The van der Waals surface area contributed by atoms with E-state index in [2.05, 4.69) is 77.8 Å². The van der Waals surface area contributed by atoms with Gasteiger partial charge in [0.1, 0.15) is 48.9 Å². The predicted molar refractivity (Wildman–Crippen MR) is 403 cm³/mol. The molecular formula is C73H98N16O17S2. The van der Waals surface area contributed by atoms with E-state index >= 15 is 0 Å². The first-order chi connectivity index (χ1) is 51.6. The minimum atomic E-state index is -1.89. The molecular weight excluding hydrogens is 1440 g/mol. The van der Waals surface area contributed by atoms with Crippen LogP contribution in [-0.4, -0.2) is 207 Å². The summed E-state index contributed by atoms with van der Waals surface area (Å²) in [6, 6.07) is 10.9. The SMILES string of the molecule is C[C@H](NC(=O)[C@@H]1CCCC[C@H](NC(=O)CCC(=O)OCC2c3ccccc3-c3ccccc32)C(=O)C[C@@H](CS)C(=O)N[C@@H](CO)C(=O)N[C@@H](CC(=O)O)C(=O)N2CCCC2C(=O)N[C@@H](CCCN=C(N)N)C(=O)N1)C(=O)C[C@@H](Cc1cc2ccccc2[nH]1)C(=O)N[C@@H](CCCCC(=N)N)C(=O)N[C@@H](CS)C(N)=O. The summed E-state index contributed by atoms with van der Waals surface area (Å²) in [7, 11) is 0. The van der Waals surface area contributed by atoms with E-state index in [1.165, 1.54) is 6.92 Å². The number of ketones is 2. The molecule has 0 bridgehead atoms. The number of para-hydroxylation sites is 1. The van der Waals surface area contributed by atoms with Crippen LogP contribution in [0, 0.1) is 17.2 Å². The Hall–Kier alpha value is -10.4. The Kier molecular flexibility index (Phi) is 32.7. The summed E-state index contributed by atoms with van der Waals surface area (Å²) in [5, 5.41) is 49.4. The average molecular weight is 1540 g/mol. The summed E-state index contributed by atoms with van der Waals surface area (Å²) in [5.41, 5.74) is 27.5. The van der Waals surface area contributed by atoms with Crippen molar-refractivity contribution in [3.05, 3.63) is 95.7 Å². The van der Waals surface area contributed by atoms with Gasteiger partial charge in [-0.3, -0.25) is 77.5 Å². The van der Waals surface area contributed by atoms with Crippen LogP contribution >= 0.6 is 25.3 Å². The van der Waals surface area contributed by atoms with Gasteiger partial charge >= 0.3 is 11.9 Å². The molecule has 7 rings (SSSR count). The number of carboxylic acid groups (broad SMARTS) is 1. The van der Waals surface area contributed by atoms with E-state index in [1.807, 2.05) is 54.6 Å². The fourth-order valence-corrected chi connectivity index (χ4v) is 13.9. The second-order valence-corrected chi connectivity index (χ2v) is 27.9. The number of benzene rings is 3. The number of amidine groups is 1. The van der Waals surface area contributed by atoms with Gasteiger partial charge in [0.15, 0.2) is 17.5 Å². The Labute approximate surface area is 634 Å². The van der Waals surface area contributed by atoms with Crippen molar-refractivity contribution in [2.75, 3.05) is 37.8 Å². The summed E-state index contributed by atoms with van der Waals surface area (Å²) >= 11 is 8.46. The van der Waals surface area contributed by atoms with E-state index < -0.39 is 188 Å². The van der Waals surface area contributed by atoms with Crippen molar-refractivity contribution in [3.8, 4) is 11.1 Å². The van der Waals surface area contributed by atoms with Gasteiger partial charge in [0.05, 0.1) is 49.2 Å². The van der Waals surface area contributed by atoms with Crippen LogP contribution in [-0.2, 0) is 78.3 Å². The van der Waals surface area contributed by atoms with Crippen LogP contribution in [0.2, 0.25) is 0 Å². The number of thiol groups is 2. The molecule has 35 heteroatoms. The average Bonchev–Trinajstić information content (AvgIpc) is 1.62. The van der Waals surface area contributed by atoms with Crippen LogP contribution < -0.4 is 65.5 Å². The zero-order valence-corrected chi connectivity index (χ0v) is 61.8. The Morgan fingerprint density at radius 3 is 2.02 bits per heavy atom. The normalized spacial score (nSPS) is 20.8. The van der Waals surface area contributed by atoms with Gasteiger partial charge in [0.25, 0.3) is 0 Å². The smallest absolute Gasteiger partial charge is 0.306 e. The van der Waals surface area contributed by atoms with Crippen molar-refractivity contribution in [3.63, 3.8) is 0 Å². The standard InChI is InChI=1S/C73H98N16O17S2/c1-39(58(91)32-41(31-43-30-40-14-2-7-19-49(40)81-43)65(98)83-52(22-10-11-25-60(74)75)69(102)88-56(38-108)64(76)97)80-67(100)51-21-9-8-20-50(82-61(93)26-27-63(96)106-36-48-46-17-5-3-15-44(46)45-16-4-6-18-47(45)48)59(92)33-42(37-107)66(99)87-55(35-90)70(103)86-54(34-62(94)95)72(105)89-29-13-24-57(89)71(104)85-53(68(101)84-51)23-12-28-79-73(77)78/h2-7,14-19,30,39,41-42,48,50-57,81,90,107-108H,8-13,20-29,31-38H2,1H3,(H3,74,75)(H2,76,97)(H,80,100)(H,82,93)(H,83,98)(H,84,101)(H,85,104)(H,86,103)(H,87,99)(H,88,102)(H,94,95)(H4,77,78,79)/t39-,41+,42-,50-,51-,52-,53-,54-,55-,56-,57?/m0/s1. The molecule has 108 heavy (non-hydrogen) atoms. The molecule has 2 fully saturated rings. The largest absolute Gasteiger partial charge is 0.481 e. The minimum absolute atomic E-state index is 0.00395.